The van der Waals surface area contributed by atoms with Crippen LogP contribution in [0, 0.1) is 12.3 Å². The second-order valence-electron chi connectivity index (χ2n) is 3.04. The van der Waals surface area contributed by atoms with Crippen LogP contribution in [0.5, 0.6) is 0 Å². The molecule has 0 spiro atoms. The Kier molecular flexibility index (Phi) is 4.18. The van der Waals surface area contributed by atoms with Crippen molar-refractivity contribution in [1.29, 1.82) is 0 Å². The van der Waals surface area contributed by atoms with Crippen LogP contribution in [-0.4, -0.2) is 23.9 Å². The van der Waals surface area contributed by atoms with Crippen molar-refractivity contribution < 1.29 is 4.79 Å². The molecule has 0 aromatic heterocycles. The lowest BCUT2D eigenvalue weighted by molar-refractivity contribution is 0.0793. The number of amides is 1. The zero-order valence-corrected chi connectivity index (χ0v) is 8.52. The van der Waals surface area contributed by atoms with E-state index < -0.39 is 0 Å². The van der Waals surface area contributed by atoms with E-state index in [0.29, 0.717) is 18.7 Å². The Morgan fingerprint density at radius 1 is 1.47 bits per heavy atom. The Morgan fingerprint density at radius 2 is 2.13 bits per heavy atom. The first kappa shape index (κ1) is 11.1. The lowest BCUT2D eigenvalue weighted by Crippen LogP contribution is -2.31. The van der Waals surface area contributed by atoms with Gasteiger partial charge in [0, 0.05) is 12.1 Å². The lowest BCUT2D eigenvalue weighted by Gasteiger charge is -2.18. The molecule has 2 heteroatoms. The Balaban J connectivity index is 2.81. The average molecular weight is 199 g/mol. The molecule has 76 valence electrons. The molecule has 0 radical (unpaired) electrons. The van der Waals surface area contributed by atoms with E-state index in [-0.39, 0.29) is 5.91 Å². The normalized spacial score (nSPS) is 9.00. The minimum atomic E-state index is -0.0616. The summed E-state index contributed by atoms with van der Waals surface area (Å²) in [4.78, 5) is 13.5. The van der Waals surface area contributed by atoms with Crippen LogP contribution >= 0.6 is 0 Å². The molecule has 1 aromatic rings. The van der Waals surface area contributed by atoms with Gasteiger partial charge in [0.25, 0.3) is 5.91 Å². The first-order valence-corrected chi connectivity index (χ1v) is 4.68. The van der Waals surface area contributed by atoms with E-state index in [9.17, 15) is 4.79 Å². The quantitative estimate of drug-likeness (QED) is 0.536. The minimum Gasteiger partial charge on any atom is -0.324 e. The van der Waals surface area contributed by atoms with Gasteiger partial charge in [0.15, 0.2) is 0 Å². The van der Waals surface area contributed by atoms with Crippen molar-refractivity contribution in [3.63, 3.8) is 0 Å². The fraction of sp³-hybridized carbons (Fsp3) is 0.154. The molecule has 0 aliphatic heterocycles. The van der Waals surface area contributed by atoms with Gasteiger partial charge in [-0.25, -0.2) is 0 Å². The monoisotopic (exact) mass is 199 g/mol. The molecule has 0 aliphatic carbocycles. The summed E-state index contributed by atoms with van der Waals surface area (Å²) in [6, 6.07) is 9.07. The fourth-order valence-corrected chi connectivity index (χ4v) is 1.25. The van der Waals surface area contributed by atoms with Crippen LogP contribution in [0.3, 0.4) is 0 Å². The van der Waals surface area contributed by atoms with E-state index in [2.05, 4.69) is 12.5 Å². The lowest BCUT2D eigenvalue weighted by atomic mass is 10.2. The van der Waals surface area contributed by atoms with Crippen molar-refractivity contribution >= 4 is 5.91 Å². The van der Waals surface area contributed by atoms with Crippen molar-refractivity contribution in [3.8, 4) is 12.3 Å². The Bertz CT molecular complexity index is 375. The number of carbonyl (C=O) groups excluding carboxylic acids is 1. The van der Waals surface area contributed by atoms with Crippen molar-refractivity contribution in [1.82, 2.24) is 4.90 Å². The maximum Gasteiger partial charge on any atom is 0.254 e. The molecule has 0 aliphatic rings. The Hall–Kier alpha value is -2.01. The van der Waals surface area contributed by atoms with Gasteiger partial charge in [0.1, 0.15) is 0 Å². The average Bonchev–Trinajstić information content (AvgIpc) is 2.29. The first-order valence-electron chi connectivity index (χ1n) is 4.68. The molecular weight excluding hydrogens is 186 g/mol. The molecular formula is C13H13NO. The van der Waals surface area contributed by atoms with Gasteiger partial charge >= 0.3 is 0 Å². The predicted molar refractivity (Wildman–Crippen MR) is 61.4 cm³/mol. The summed E-state index contributed by atoms with van der Waals surface area (Å²) in [5.41, 5.74) is 0.648. The summed E-state index contributed by atoms with van der Waals surface area (Å²) in [5.74, 6) is 2.40. The van der Waals surface area contributed by atoms with Gasteiger partial charge in [0.2, 0.25) is 0 Å². The van der Waals surface area contributed by atoms with E-state index in [1.54, 1.807) is 23.1 Å². The molecule has 0 saturated heterocycles. The van der Waals surface area contributed by atoms with Gasteiger partial charge in [-0.15, -0.1) is 13.0 Å². The molecule has 0 fully saturated rings. The molecule has 0 unspecified atom stereocenters. The van der Waals surface area contributed by atoms with Gasteiger partial charge in [-0.1, -0.05) is 30.2 Å². The van der Waals surface area contributed by atoms with E-state index >= 15 is 0 Å². The van der Waals surface area contributed by atoms with Crippen LogP contribution in [0.4, 0.5) is 0 Å². The standard InChI is InChI=1S/C13H13NO/c1-3-10-14(11-4-2)13(15)12-8-6-5-7-9-12/h1,4-9H,2,10-11H2. The summed E-state index contributed by atoms with van der Waals surface area (Å²) in [6.45, 7) is 4.37. The van der Waals surface area contributed by atoms with Gasteiger partial charge in [-0.05, 0) is 12.1 Å². The number of hydrogen-bond donors (Lipinski definition) is 0. The SMILES string of the molecule is C#CCN(CC=C)C(=O)c1ccccc1. The molecule has 0 N–H and O–H groups in total. The van der Waals surface area contributed by atoms with E-state index in [1.165, 1.54) is 0 Å². The zero-order chi connectivity index (χ0) is 11.1. The second-order valence-corrected chi connectivity index (χ2v) is 3.04. The zero-order valence-electron chi connectivity index (χ0n) is 8.52. The smallest absolute Gasteiger partial charge is 0.254 e. The highest BCUT2D eigenvalue weighted by Crippen LogP contribution is 2.04. The number of nitrogens with zero attached hydrogens (tertiary/aromatic N) is 1. The molecule has 1 aromatic carbocycles. The maximum absolute atomic E-state index is 11.9. The molecule has 0 bridgehead atoms. The summed E-state index contributed by atoms with van der Waals surface area (Å²) in [6.07, 6.45) is 6.86. The largest absolute Gasteiger partial charge is 0.324 e. The van der Waals surface area contributed by atoms with Crippen LogP contribution in [0.1, 0.15) is 10.4 Å². The summed E-state index contributed by atoms with van der Waals surface area (Å²) < 4.78 is 0. The van der Waals surface area contributed by atoms with Crippen LogP contribution in [0.2, 0.25) is 0 Å². The summed E-state index contributed by atoms with van der Waals surface area (Å²) >= 11 is 0. The highest BCUT2D eigenvalue weighted by Gasteiger charge is 2.12. The maximum atomic E-state index is 11.9. The van der Waals surface area contributed by atoms with Crippen molar-refractivity contribution in [2.24, 2.45) is 0 Å². The molecule has 15 heavy (non-hydrogen) atoms. The molecule has 2 nitrogen and oxygen atoms in total. The van der Waals surface area contributed by atoms with Gasteiger partial charge in [-0.3, -0.25) is 4.79 Å². The van der Waals surface area contributed by atoms with Crippen molar-refractivity contribution in [2.45, 2.75) is 0 Å². The Labute approximate surface area is 90.2 Å². The van der Waals surface area contributed by atoms with Crippen molar-refractivity contribution in [2.75, 3.05) is 13.1 Å². The van der Waals surface area contributed by atoms with Crippen LogP contribution in [-0.2, 0) is 0 Å². The highest BCUT2D eigenvalue weighted by molar-refractivity contribution is 5.94. The molecule has 0 heterocycles. The first-order chi connectivity index (χ1) is 7.29. The number of terminal acetylenes is 1. The third kappa shape index (κ3) is 2.99. The number of hydrogen-bond acceptors (Lipinski definition) is 1. The second kappa shape index (κ2) is 5.66. The minimum absolute atomic E-state index is 0.0616. The predicted octanol–water partition coefficient (Wildman–Crippen LogP) is 1.95. The third-order valence-electron chi connectivity index (χ3n) is 1.94. The highest BCUT2D eigenvalue weighted by atomic mass is 16.2. The number of benzene rings is 1. The van der Waals surface area contributed by atoms with Crippen molar-refractivity contribution in [3.05, 3.63) is 48.6 Å². The van der Waals surface area contributed by atoms with E-state index in [4.69, 9.17) is 6.42 Å². The Morgan fingerprint density at radius 3 is 2.67 bits per heavy atom. The molecule has 1 rings (SSSR count). The van der Waals surface area contributed by atoms with Gasteiger partial charge < -0.3 is 4.90 Å². The molecule has 0 saturated carbocycles. The summed E-state index contributed by atoms with van der Waals surface area (Å²) in [5, 5.41) is 0. The topological polar surface area (TPSA) is 20.3 Å². The van der Waals surface area contributed by atoms with Crippen LogP contribution < -0.4 is 0 Å². The van der Waals surface area contributed by atoms with Crippen LogP contribution in [0.15, 0.2) is 43.0 Å². The summed E-state index contributed by atoms with van der Waals surface area (Å²) in [7, 11) is 0. The molecule has 0 atom stereocenters. The fourth-order valence-electron chi connectivity index (χ4n) is 1.25. The van der Waals surface area contributed by atoms with Gasteiger partial charge in [-0.2, -0.15) is 0 Å². The number of carbonyl (C=O) groups is 1. The van der Waals surface area contributed by atoms with Crippen LogP contribution in [0.25, 0.3) is 0 Å². The molecule has 1 amide bonds. The number of rotatable bonds is 4. The van der Waals surface area contributed by atoms with Gasteiger partial charge in [0.05, 0.1) is 6.54 Å². The van der Waals surface area contributed by atoms with E-state index in [0.717, 1.165) is 0 Å². The third-order valence-corrected chi connectivity index (χ3v) is 1.94. The van der Waals surface area contributed by atoms with E-state index in [1.807, 2.05) is 18.2 Å².